The van der Waals surface area contributed by atoms with Gasteiger partial charge in [0.1, 0.15) is 6.04 Å². The summed E-state index contributed by atoms with van der Waals surface area (Å²) in [5.74, 6) is -0.860. The number of carbonyl (C=O) groups is 3. The summed E-state index contributed by atoms with van der Waals surface area (Å²) in [4.78, 5) is 43.9. The van der Waals surface area contributed by atoms with E-state index in [9.17, 15) is 14.4 Å². The molecule has 6 nitrogen and oxygen atoms in total. The van der Waals surface area contributed by atoms with Gasteiger partial charge < -0.3 is 4.90 Å². The Hall–Kier alpha value is -2.84. The Morgan fingerprint density at radius 1 is 1.07 bits per heavy atom. The third kappa shape index (κ3) is 3.26. The van der Waals surface area contributed by atoms with E-state index in [4.69, 9.17) is 0 Å². The average Bonchev–Trinajstić information content (AvgIpc) is 3.29. The van der Waals surface area contributed by atoms with Gasteiger partial charge in [0.25, 0.3) is 5.91 Å². The number of benzene rings is 2. The van der Waals surface area contributed by atoms with E-state index in [1.54, 1.807) is 22.3 Å². The van der Waals surface area contributed by atoms with E-state index in [-0.39, 0.29) is 18.2 Å². The van der Waals surface area contributed by atoms with E-state index in [2.05, 4.69) is 26.2 Å². The Morgan fingerprint density at radius 2 is 1.87 bits per heavy atom. The van der Waals surface area contributed by atoms with Crippen LogP contribution in [0.4, 0.5) is 0 Å². The van der Waals surface area contributed by atoms with E-state index in [1.165, 1.54) is 0 Å². The first-order chi connectivity index (χ1) is 14.5. The first-order valence-corrected chi connectivity index (χ1v) is 11.1. The maximum Gasteiger partial charge on any atom is 0.255 e. The summed E-state index contributed by atoms with van der Waals surface area (Å²) < 4.78 is 0.790. The summed E-state index contributed by atoms with van der Waals surface area (Å²) in [5, 5.41) is 2.33. The Bertz CT molecular complexity index is 1190. The van der Waals surface area contributed by atoms with Crippen LogP contribution >= 0.6 is 27.3 Å². The van der Waals surface area contributed by atoms with Crippen molar-refractivity contribution in [3.8, 4) is 21.7 Å². The molecule has 2 aliphatic heterocycles. The maximum atomic E-state index is 12.9. The second-order valence-electron chi connectivity index (χ2n) is 7.28. The van der Waals surface area contributed by atoms with Crippen LogP contribution in [0.2, 0.25) is 0 Å². The molecule has 0 radical (unpaired) electrons. The molecule has 150 valence electrons. The Morgan fingerprint density at radius 3 is 2.63 bits per heavy atom. The largest absolute Gasteiger partial charge is 0.322 e. The second-order valence-corrected chi connectivity index (χ2v) is 9.56. The van der Waals surface area contributed by atoms with Gasteiger partial charge in [0.05, 0.1) is 10.6 Å². The third-order valence-electron chi connectivity index (χ3n) is 5.43. The minimum absolute atomic E-state index is 0.172. The van der Waals surface area contributed by atoms with Crippen molar-refractivity contribution in [3.05, 3.63) is 63.6 Å². The van der Waals surface area contributed by atoms with Crippen molar-refractivity contribution in [3.63, 3.8) is 0 Å². The van der Waals surface area contributed by atoms with E-state index in [1.807, 2.05) is 42.5 Å². The first-order valence-electron chi connectivity index (χ1n) is 9.51. The highest BCUT2D eigenvalue weighted by molar-refractivity contribution is 9.11. The SMILES string of the molecule is O=C1CCC(N2Cc3cc(-c4nc(Br)sc4-c4ccccc4)ccc3C2=O)C(=O)N1. The summed E-state index contributed by atoms with van der Waals surface area (Å²) in [7, 11) is 0. The third-order valence-corrected chi connectivity index (χ3v) is 6.99. The van der Waals surface area contributed by atoms with Crippen LogP contribution in [0.5, 0.6) is 0 Å². The fourth-order valence-corrected chi connectivity index (χ4v) is 5.48. The number of hydrogen-bond acceptors (Lipinski definition) is 5. The highest BCUT2D eigenvalue weighted by Gasteiger charge is 2.39. The molecule has 2 aliphatic rings. The van der Waals surface area contributed by atoms with Crippen molar-refractivity contribution in [1.82, 2.24) is 15.2 Å². The van der Waals surface area contributed by atoms with Crippen LogP contribution in [0.3, 0.4) is 0 Å². The van der Waals surface area contributed by atoms with Crippen LogP contribution in [-0.2, 0) is 16.1 Å². The van der Waals surface area contributed by atoms with Gasteiger partial charge in [-0.05, 0) is 45.6 Å². The minimum Gasteiger partial charge on any atom is -0.322 e. The quantitative estimate of drug-likeness (QED) is 0.573. The van der Waals surface area contributed by atoms with Crippen LogP contribution in [-0.4, -0.2) is 33.6 Å². The molecule has 0 spiro atoms. The molecule has 1 unspecified atom stereocenters. The minimum atomic E-state index is -0.612. The molecule has 1 fully saturated rings. The van der Waals surface area contributed by atoms with Crippen molar-refractivity contribution in [2.75, 3.05) is 0 Å². The molecule has 0 bridgehead atoms. The number of carbonyl (C=O) groups excluding carboxylic acids is 3. The number of hydrogen-bond donors (Lipinski definition) is 1. The summed E-state index contributed by atoms with van der Waals surface area (Å²) in [5.41, 5.74) is 4.32. The van der Waals surface area contributed by atoms with Crippen molar-refractivity contribution in [1.29, 1.82) is 0 Å². The highest BCUT2D eigenvalue weighted by Crippen LogP contribution is 2.40. The normalized spacial score (nSPS) is 18.5. The van der Waals surface area contributed by atoms with Crippen molar-refractivity contribution in [2.24, 2.45) is 0 Å². The van der Waals surface area contributed by atoms with Gasteiger partial charge >= 0.3 is 0 Å². The monoisotopic (exact) mass is 481 g/mol. The van der Waals surface area contributed by atoms with Gasteiger partial charge in [0, 0.05) is 24.1 Å². The second kappa shape index (κ2) is 7.45. The van der Waals surface area contributed by atoms with Gasteiger partial charge in [-0.3, -0.25) is 19.7 Å². The number of fused-ring (bicyclic) bond motifs is 1. The molecule has 1 atom stereocenters. The lowest BCUT2D eigenvalue weighted by molar-refractivity contribution is -0.136. The average molecular weight is 482 g/mol. The first kappa shape index (κ1) is 19.1. The lowest BCUT2D eigenvalue weighted by Crippen LogP contribution is -2.52. The topological polar surface area (TPSA) is 79.4 Å². The van der Waals surface area contributed by atoms with Crippen molar-refractivity contribution >= 4 is 45.0 Å². The molecule has 1 N–H and O–H groups in total. The van der Waals surface area contributed by atoms with E-state index >= 15 is 0 Å². The lowest BCUT2D eigenvalue weighted by Gasteiger charge is -2.29. The molecule has 3 aromatic rings. The van der Waals surface area contributed by atoms with Crippen LogP contribution < -0.4 is 5.32 Å². The molecular formula is C22H16BrN3O3S. The Balaban J connectivity index is 1.49. The molecule has 30 heavy (non-hydrogen) atoms. The van der Waals surface area contributed by atoms with Gasteiger partial charge in [0.15, 0.2) is 3.92 Å². The molecule has 3 amide bonds. The molecule has 8 heteroatoms. The molecule has 0 saturated carbocycles. The van der Waals surface area contributed by atoms with Crippen LogP contribution in [0.15, 0.2) is 52.4 Å². The smallest absolute Gasteiger partial charge is 0.255 e. The molecule has 1 saturated heterocycles. The fourth-order valence-electron chi connectivity index (χ4n) is 4.00. The molecule has 5 rings (SSSR count). The van der Waals surface area contributed by atoms with Gasteiger partial charge in [-0.25, -0.2) is 4.98 Å². The number of aromatic nitrogens is 1. The molecular weight excluding hydrogens is 466 g/mol. The van der Waals surface area contributed by atoms with Gasteiger partial charge in [-0.15, -0.1) is 11.3 Å². The number of halogens is 1. The number of piperidine rings is 1. The van der Waals surface area contributed by atoms with Crippen LogP contribution in [0.25, 0.3) is 21.7 Å². The van der Waals surface area contributed by atoms with E-state index in [0.29, 0.717) is 18.5 Å². The van der Waals surface area contributed by atoms with Crippen LogP contribution in [0.1, 0.15) is 28.8 Å². The zero-order chi connectivity index (χ0) is 20.8. The van der Waals surface area contributed by atoms with E-state index in [0.717, 1.165) is 31.2 Å². The number of nitrogens with one attached hydrogen (secondary N) is 1. The van der Waals surface area contributed by atoms with Gasteiger partial charge in [0.2, 0.25) is 11.8 Å². The van der Waals surface area contributed by atoms with E-state index < -0.39 is 11.9 Å². The van der Waals surface area contributed by atoms with Gasteiger partial charge in [-0.1, -0.05) is 36.4 Å². The summed E-state index contributed by atoms with van der Waals surface area (Å²) in [6.07, 6.45) is 0.601. The fraction of sp³-hybridized carbons (Fsp3) is 0.182. The molecule has 1 aromatic heterocycles. The number of amides is 3. The number of imide groups is 1. The zero-order valence-corrected chi connectivity index (χ0v) is 18.1. The summed E-state index contributed by atoms with van der Waals surface area (Å²) >= 11 is 5.06. The molecule has 0 aliphatic carbocycles. The molecule has 2 aromatic carbocycles. The number of thiazole rings is 1. The predicted molar refractivity (Wildman–Crippen MR) is 117 cm³/mol. The van der Waals surface area contributed by atoms with Crippen LogP contribution in [0, 0.1) is 0 Å². The summed E-state index contributed by atoms with van der Waals surface area (Å²) in [6, 6.07) is 15.1. The Kier molecular flexibility index (Phi) is 4.75. The Labute approximate surface area is 185 Å². The summed E-state index contributed by atoms with van der Waals surface area (Å²) in [6.45, 7) is 0.347. The van der Waals surface area contributed by atoms with Crippen molar-refractivity contribution in [2.45, 2.75) is 25.4 Å². The zero-order valence-electron chi connectivity index (χ0n) is 15.7. The molecule has 3 heterocycles. The maximum absolute atomic E-state index is 12.9. The number of nitrogens with zero attached hydrogens (tertiary/aromatic N) is 2. The highest BCUT2D eigenvalue weighted by atomic mass is 79.9. The number of rotatable bonds is 3. The lowest BCUT2D eigenvalue weighted by atomic mass is 10.0. The predicted octanol–water partition coefficient (Wildman–Crippen LogP) is 4.00. The van der Waals surface area contributed by atoms with Crippen molar-refractivity contribution < 1.29 is 14.4 Å². The van der Waals surface area contributed by atoms with Gasteiger partial charge in [-0.2, -0.15) is 0 Å². The standard InChI is InChI=1S/C22H16BrN3O3S/c23-22-25-18(19(30-22)12-4-2-1-3-5-12)13-6-7-15-14(10-13)11-26(21(15)29)16-8-9-17(27)24-20(16)28/h1-7,10,16H,8-9,11H2,(H,24,27,28).